The first kappa shape index (κ1) is 17.5. The van der Waals surface area contributed by atoms with E-state index in [2.05, 4.69) is 5.32 Å². The van der Waals surface area contributed by atoms with Gasteiger partial charge in [0.15, 0.2) is 18.2 Å². The van der Waals surface area contributed by atoms with Gasteiger partial charge in [0, 0.05) is 36.7 Å². The molecular weight excluding hydrogens is 324 g/mol. The summed E-state index contributed by atoms with van der Waals surface area (Å²) < 4.78 is 1.79. The van der Waals surface area contributed by atoms with E-state index < -0.39 is 0 Å². The van der Waals surface area contributed by atoms with Gasteiger partial charge in [-0.25, -0.2) is 0 Å². The van der Waals surface area contributed by atoms with Crippen LogP contribution in [0.4, 0.5) is 0 Å². The molecule has 1 aromatic heterocycles. The number of nitrogens with one attached hydrogen (secondary N) is 1. The number of aromatic nitrogens is 1. The number of amides is 1. The van der Waals surface area contributed by atoms with Crippen LogP contribution in [0.3, 0.4) is 0 Å². The quantitative estimate of drug-likeness (QED) is 0.551. The van der Waals surface area contributed by atoms with Gasteiger partial charge in [0.1, 0.15) is 0 Å². The maximum Gasteiger partial charge on any atom is 0.289 e. The van der Waals surface area contributed by atoms with Crippen LogP contribution in [0.2, 0.25) is 0 Å². The highest BCUT2D eigenvalue weighted by molar-refractivity contribution is 6.08. The van der Waals surface area contributed by atoms with Crippen molar-refractivity contribution in [2.45, 2.75) is 19.5 Å². The van der Waals surface area contributed by atoms with Crippen LogP contribution in [0.5, 0.6) is 0 Å². The minimum atomic E-state index is -0.361. The summed E-state index contributed by atoms with van der Waals surface area (Å²) in [7, 11) is 0. The van der Waals surface area contributed by atoms with Gasteiger partial charge in [-0.2, -0.15) is 4.57 Å². The molecule has 26 heavy (non-hydrogen) atoms. The predicted molar refractivity (Wildman–Crippen MR) is 99.5 cm³/mol. The predicted octanol–water partition coefficient (Wildman–Crippen LogP) is 3.08. The van der Waals surface area contributed by atoms with E-state index in [4.69, 9.17) is 0 Å². The lowest BCUT2D eigenvalue weighted by Gasteiger charge is -2.09. The lowest BCUT2D eigenvalue weighted by molar-refractivity contribution is -0.706. The third-order valence-electron chi connectivity index (χ3n) is 4.29. The molecule has 130 valence electrons. The topological polar surface area (TPSA) is 50.1 Å². The van der Waals surface area contributed by atoms with Crippen molar-refractivity contribution >= 4 is 11.7 Å². The lowest BCUT2D eigenvalue weighted by atomic mass is 10.0. The molecule has 4 nitrogen and oxygen atoms in total. The summed E-state index contributed by atoms with van der Waals surface area (Å²) in [5.74, 6) is -0.0973. The number of hydrogen-bond donors (Lipinski definition) is 1. The molecule has 0 fully saturated rings. The van der Waals surface area contributed by atoms with Gasteiger partial charge in [-0.3, -0.25) is 9.59 Å². The fraction of sp³-hybridized carbons (Fsp3) is 0.136. The summed E-state index contributed by atoms with van der Waals surface area (Å²) >= 11 is 0. The Balaban J connectivity index is 1.64. The van der Waals surface area contributed by atoms with E-state index >= 15 is 0 Å². The molecule has 0 spiro atoms. The fourth-order valence-corrected chi connectivity index (χ4v) is 2.67. The molecule has 0 saturated carbocycles. The van der Waals surface area contributed by atoms with E-state index in [0.29, 0.717) is 17.7 Å². The van der Waals surface area contributed by atoms with Crippen molar-refractivity contribution in [3.05, 3.63) is 102 Å². The second-order valence-corrected chi connectivity index (χ2v) is 6.11. The van der Waals surface area contributed by atoms with Crippen LogP contribution in [-0.2, 0) is 11.3 Å². The van der Waals surface area contributed by atoms with E-state index in [0.717, 1.165) is 5.56 Å². The number of pyridine rings is 1. The fourth-order valence-electron chi connectivity index (χ4n) is 2.67. The Bertz CT molecular complexity index is 875. The third kappa shape index (κ3) is 4.22. The maximum atomic E-state index is 12.4. The number of nitrogens with zero attached hydrogens (tertiary/aromatic N) is 1. The minimum Gasteiger partial charge on any atom is -0.346 e. The smallest absolute Gasteiger partial charge is 0.289 e. The lowest BCUT2D eigenvalue weighted by Crippen LogP contribution is -2.46. The standard InChI is InChI=1S/C22H20N2O2/c1-17(22(26)23-16-18-8-4-2-5-9-18)24-14-12-20(13-15-24)21(25)19-10-6-3-7-11-19/h2-15,17H,16H2,1H3/p+1/t17-/m1/s1. The second-order valence-electron chi connectivity index (χ2n) is 6.11. The molecule has 0 aliphatic carbocycles. The molecule has 0 saturated heterocycles. The molecule has 0 aliphatic rings. The largest absolute Gasteiger partial charge is 0.346 e. The van der Waals surface area contributed by atoms with Gasteiger partial charge in [0.2, 0.25) is 6.04 Å². The van der Waals surface area contributed by atoms with Crippen molar-refractivity contribution < 1.29 is 14.2 Å². The van der Waals surface area contributed by atoms with E-state index in [9.17, 15) is 9.59 Å². The molecule has 1 heterocycles. The van der Waals surface area contributed by atoms with Crippen LogP contribution < -0.4 is 9.88 Å². The van der Waals surface area contributed by atoms with E-state index in [1.54, 1.807) is 41.2 Å². The van der Waals surface area contributed by atoms with E-state index in [-0.39, 0.29) is 17.7 Å². The van der Waals surface area contributed by atoms with E-state index in [1.165, 1.54) is 0 Å². The number of hydrogen-bond acceptors (Lipinski definition) is 2. The monoisotopic (exact) mass is 345 g/mol. The number of rotatable bonds is 6. The maximum absolute atomic E-state index is 12.4. The summed E-state index contributed by atoms with van der Waals surface area (Å²) in [6.07, 6.45) is 3.53. The van der Waals surface area contributed by atoms with Gasteiger partial charge >= 0.3 is 0 Å². The van der Waals surface area contributed by atoms with Gasteiger partial charge in [-0.15, -0.1) is 0 Å². The Kier molecular flexibility index (Phi) is 5.54. The molecule has 0 bridgehead atoms. The Morgan fingerprint density at radius 3 is 2.00 bits per heavy atom. The van der Waals surface area contributed by atoms with Crippen LogP contribution >= 0.6 is 0 Å². The van der Waals surface area contributed by atoms with Crippen LogP contribution in [0.1, 0.15) is 34.5 Å². The first-order chi connectivity index (χ1) is 12.6. The summed E-state index contributed by atoms with van der Waals surface area (Å²) in [6, 6.07) is 22.1. The van der Waals surface area contributed by atoms with Crippen molar-refractivity contribution in [2.24, 2.45) is 0 Å². The normalized spacial score (nSPS) is 11.6. The zero-order valence-electron chi connectivity index (χ0n) is 14.6. The van der Waals surface area contributed by atoms with Gasteiger partial charge in [-0.05, 0) is 5.56 Å². The number of carbonyl (C=O) groups excluding carboxylic acids is 2. The Morgan fingerprint density at radius 2 is 1.38 bits per heavy atom. The van der Waals surface area contributed by atoms with Gasteiger partial charge in [-0.1, -0.05) is 60.7 Å². The van der Waals surface area contributed by atoms with Crippen molar-refractivity contribution in [1.82, 2.24) is 5.32 Å². The first-order valence-electron chi connectivity index (χ1n) is 8.57. The zero-order chi connectivity index (χ0) is 18.4. The molecule has 0 aliphatic heterocycles. The van der Waals surface area contributed by atoms with Crippen LogP contribution in [-0.4, -0.2) is 11.7 Å². The zero-order valence-corrected chi connectivity index (χ0v) is 14.6. The van der Waals surface area contributed by atoms with E-state index in [1.807, 2.05) is 55.5 Å². The van der Waals surface area contributed by atoms with Crippen LogP contribution in [0, 0.1) is 0 Å². The second kappa shape index (κ2) is 8.21. The molecule has 3 rings (SSSR count). The SMILES string of the molecule is C[C@H](C(=O)NCc1ccccc1)[n+]1ccc(C(=O)c2ccccc2)cc1. The van der Waals surface area contributed by atoms with Gasteiger partial charge < -0.3 is 5.32 Å². The number of carbonyl (C=O) groups is 2. The average Bonchev–Trinajstić information content (AvgIpc) is 2.72. The Hall–Kier alpha value is -3.27. The highest BCUT2D eigenvalue weighted by Gasteiger charge is 2.22. The molecule has 1 N–H and O–H groups in total. The van der Waals surface area contributed by atoms with Crippen LogP contribution in [0.25, 0.3) is 0 Å². The molecule has 2 aromatic carbocycles. The molecule has 0 unspecified atom stereocenters. The average molecular weight is 345 g/mol. The molecule has 4 heteroatoms. The minimum absolute atomic E-state index is 0.0288. The third-order valence-corrected chi connectivity index (χ3v) is 4.29. The van der Waals surface area contributed by atoms with Crippen molar-refractivity contribution in [1.29, 1.82) is 0 Å². The van der Waals surface area contributed by atoms with Crippen molar-refractivity contribution in [3.63, 3.8) is 0 Å². The van der Waals surface area contributed by atoms with Crippen molar-refractivity contribution in [3.8, 4) is 0 Å². The van der Waals surface area contributed by atoms with Gasteiger partial charge in [0.05, 0.1) is 0 Å². The highest BCUT2D eigenvalue weighted by Crippen LogP contribution is 2.08. The molecule has 0 radical (unpaired) electrons. The molecule has 1 amide bonds. The van der Waals surface area contributed by atoms with Gasteiger partial charge in [0.25, 0.3) is 5.91 Å². The summed E-state index contributed by atoms with van der Waals surface area (Å²) in [6.45, 7) is 2.33. The molecule has 3 aromatic rings. The summed E-state index contributed by atoms with van der Waals surface area (Å²) in [5, 5.41) is 2.93. The number of ketones is 1. The molecular formula is C22H21N2O2+. The first-order valence-corrected chi connectivity index (χ1v) is 8.57. The molecule has 1 atom stereocenters. The Labute approximate surface area is 153 Å². The van der Waals surface area contributed by atoms with Crippen molar-refractivity contribution in [2.75, 3.05) is 0 Å². The highest BCUT2D eigenvalue weighted by atomic mass is 16.2. The summed E-state index contributed by atoms with van der Waals surface area (Å²) in [4.78, 5) is 24.8. The Morgan fingerprint density at radius 1 is 0.846 bits per heavy atom. The number of benzene rings is 2. The van der Waals surface area contributed by atoms with Crippen LogP contribution in [0.15, 0.2) is 85.2 Å². The summed E-state index contributed by atoms with van der Waals surface area (Å²) in [5.41, 5.74) is 2.31.